The highest BCUT2D eigenvalue weighted by molar-refractivity contribution is 9.10. The Bertz CT molecular complexity index is 390. The Hall–Kier alpha value is -0.0900. The number of benzene rings is 1. The van der Waals surface area contributed by atoms with Crippen molar-refractivity contribution in [3.63, 3.8) is 0 Å². The van der Waals surface area contributed by atoms with E-state index in [1.165, 1.54) is 48.1 Å². The normalized spacial score (nSPS) is 17.2. The molecule has 1 aliphatic heterocycles. The lowest BCUT2D eigenvalue weighted by Crippen LogP contribution is -2.36. The lowest BCUT2D eigenvalue weighted by Gasteiger charge is -2.32. The van der Waals surface area contributed by atoms with Crippen molar-refractivity contribution < 1.29 is 0 Å². The average Bonchev–Trinajstić information content (AvgIpc) is 2.37. The molecule has 0 amide bonds. The smallest absolute Gasteiger partial charge is 0.0234 e. The van der Waals surface area contributed by atoms with Gasteiger partial charge in [0, 0.05) is 11.0 Å². The molecule has 1 heterocycles. The first-order valence-electron chi connectivity index (χ1n) is 6.81. The predicted molar refractivity (Wildman–Crippen MR) is 88.1 cm³/mol. The van der Waals surface area contributed by atoms with Gasteiger partial charge in [0.1, 0.15) is 0 Å². The second kappa shape index (κ2) is 8.25. The number of nitrogens with zero attached hydrogens (tertiary/aromatic N) is 1. The lowest BCUT2D eigenvalue weighted by molar-refractivity contribution is 0.177. The first-order valence-corrected chi connectivity index (χ1v) is 7.60. The third kappa shape index (κ3) is 5.07. The van der Waals surface area contributed by atoms with Crippen molar-refractivity contribution >= 4 is 28.3 Å². The maximum absolute atomic E-state index is 3.61. The number of hydrogen-bond acceptors (Lipinski definition) is 2. The SMILES string of the molecule is CNCC1CCN(Cc2ccc(C)c(Br)c2)CC1.Cl. The van der Waals surface area contributed by atoms with E-state index in [0.717, 1.165) is 12.5 Å². The molecule has 0 aromatic heterocycles. The van der Waals surface area contributed by atoms with Gasteiger partial charge in [-0.05, 0) is 69.6 Å². The van der Waals surface area contributed by atoms with Crippen molar-refractivity contribution in [1.29, 1.82) is 0 Å². The van der Waals surface area contributed by atoms with Crippen molar-refractivity contribution in [3.05, 3.63) is 33.8 Å². The van der Waals surface area contributed by atoms with Gasteiger partial charge in [0.2, 0.25) is 0 Å². The fourth-order valence-corrected chi connectivity index (χ4v) is 3.06. The van der Waals surface area contributed by atoms with Gasteiger partial charge in [0.05, 0.1) is 0 Å². The molecule has 4 heteroatoms. The van der Waals surface area contributed by atoms with Gasteiger partial charge < -0.3 is 5.32 Å². The van der Waals surface area contributed by atoms with E-state index in [-0.39, 0.29) is 12.4 Å². The third-order valence-electron chi connectivity index (χ3n) is 3.84. The Morgan fingerprint density at radius 1 is 1.32 bits per heavy atom. The first kappa shape index (κ1) is 17.0. The summed E-state index contributed by atoms with van der Waals surface area (Å²) in [7, 11) is 2.05. The topological polar surface area (TPSA) is 15.3 Å². The molecular weight excluding hydrogens is 324 g/mol. The second-order valence-corrected chi connectivity index (χ2v) is 6.22. The Labute approximate surface area is 131 Å². The molecule has 0 bridgehead atoms. The van der Waals surface area contributed by atoms with Crippen LogP contribution in [-0.4, -0.2) is 31.6 Å². The van der Waals surface area contributed by atoms with Crippen LogP contribution in [0.3, 0.4) is 0 Å². The summed E-state index contributed by atoms with van der Waals surface area (Å²) in [5, 5.41) is 3.29. The van der Waals surface area contributed by atoms with E-state index < -0.39 is 0 Å². The monoisotopic (exact) mass is 346 g/mol. The summed E-state index contributed by atoms with van der Waals surface area (Å²) >= 11 is 3.61. The number of piperidine rings is 1. The number of hydrogen-bond donors (Lipinski definition) is 1. The number of rotatable bonds is 4. The van der Waals surface area contributed by atoms with Crippen LogP contribution in [0.1, 0.15) is 24.0 Å². The predicted octanol–water partition coefficient (Wildman–Crippen LogP) is 3.61. The molecular formula is C15H24BrClN2. The van der Waals surface area contributed by atoms with E-state index in [9.17, 15) is 0 Å². The molecule has 1 aromatic rings. The summed E-state index contributed by atoms with van der Waals surface area (Å²) in [6.07, 6.45) is 2.65. The molecule has 0 saturated carbocycles. The summed E-state index contributed by atoms with van der Waals surface area (Å²) in [5.74, 6) is 0.871. The minimum atomic E-state index is 0. The molecule has 0 aliphatic carbocycles. The van der Waals surface area contributed by atoms with E-state index >= 15 is 0 Å². The zero-order chi connectivity index (χ0) is 13.0. The highest BCUT2D eigenvalue weighted by Gasteiger charge is 2.18. The molecule has 1 aliphatic rings. The largest absolute Gasteiger partial charge is 0.319 e. The van der Waals surface area contributed by atoms with Crippen LogP contribution in [0.15, 0.2) is 22.7 Å². The zero-order valence-electron chi connectivity index (χ0n) is 11.8. The van der Waals surface area contributed by atoms with Gasteiger partial charge in [-0.15, -0.1) is 12.4 Å². The number of aryl methyl sites for hydroxylation is 1. The van der Waals surface area contributed by atoms with E-state index in [1.54, 1.807) is 0 Å². The first-order chi connectivity index (χ1) is 8.69. The quantitative estimate of drug-likeness (QED) is 0.895. The zero-order valence-corrected chi connectivity index (χ0v) is 14.2. The fourth-order valence-electron chi connectivity index (χ4n) is 2.63. The summed E-state index contributed by atoms with van der Waals surface area (Å²) in [6.45, 7) is 6.86. The van der Waals surface area contributed by atoms with Gasteiger partial charge >= 0.3 is 0 Å². The molecule has 108 valence electrons. The van der Waals surface area contributed by atoms with Crippen LogP contribution in [-0.2, 0) is 6.54 Å². The van der Waals surface area contributed by atoms with Crippen molar-refractivity contribution in [2.24, 2.45) is 5.92 Å². The van der Waals surface area contributed by atoms with Crippen LogP contribution in [0.25, 0.3) is 0 Å². The van der Waals surface area contributed by atoms with Crippen molar-refractivity contribution in [2.45, 2.75) is 26.3 Å². The van der Waals surface area contributed by atoms with E-state index in [4.69, 9.17) is 0 Å². The number of halogens is 2. The highest BCUT2D eigenvalue weighted by Crippen LogP contribution is 2.21. The molecule has 1 fully saturated rings. The van der Waals surface area contributed by atoms with E-state index in [1.807, 2.05) is 0 Å². The van der Waals surface area contributed by atoms with Crippen LogP contribution < -0.4 is 5.32 Å². The molecule has 0 radical (unpaired) electrons. The van der Waals surface area contributed by atoms with Gasteiger partial charge in [-0.1, -0.05) is 28.1 Å². The molecule has 0 unspecified atom stereocenters. The minimum absolute atomic E-state index is 0. The van der Waals surface area contributed by atoms with Gasteiger partial charge in [-0.25, -0.2) is 0 Å². The molecule has 0 atom stereocenters. The van der Waals surface area contributed by atoms with Gasteiger partial charge in [0.15, 0.2) is 0 Å². The van der Waals surface area contributed by atoms with Crippen molar-refractivity contribution in [3.8, 4) is 0 Å². The fraction of sp³-hybridized carbons (Fsp3) is 0.600. The summed E-state index contributed by atoms with van der Waals surface area (Å²) in [6, 6.07) is 6.71. The Morgan fingerprint density at radius 2 is 2.00 bits per heavy atom. The number of nitrogens with one attached hydrogen (secondary N) is 1. The Morgan fingerprint density at radius 3 is 2.58 bits per heavy atom. The molecule has 1 saturated heterocycles. The minimum Gasteiger partial charge on any atom is -0.319 e. The maximum atomic E-state index is 3.61. The molecule has 1 N–H and O–H groups in total. The van der Waals surface area contributed by atoms with Crippen LogP contribution >= 0.6 is 28.3 Å². The maximum Gasteiger partial charge on any atom is 0.0234 e. The van der Waals surface area contributed by atoms with Crippen LogP contribution in [0.4, 0.5) is 0 Å². The highest BCUT2D eigenvalue weighted by atomic mass is 79.9. The third-order valence-corrected chi connectivity index (χ3v) is 4.70. The average molecular weight is 348 g/mol. The summed E-state index contributed by atoms with van der Waals surface area (Å²) in [5.41, 5.74) is 2.73. The van der Waals surface area contributed by atoms with Crippen LogP contribution in [0, 0.1) is 12.8 Å². The van der Waals surface area contributed by atoms with Crippen LogP contribution in [0.2, 0.25) is 0 Å². The Balaban J connectivity index is 0.00000180. The molecule has 0 spiro atoms. The standard InChI is InChI=1S/C15H23BrN2.ClH/c1-12-3-4-14(9-15(12)16)11-18-7-5-13(6-8-18)10-17-2;/h3-4,9,13,17H,5-8,10-11H2,1-2H3;1H. The second-order valence-electron chi connectivity index (χ2n) is 5.36. The summed E-state index contributed by atoms with van der Waals surface area (Å²) in [4.78, 5) is 2.57. The lowest BCUT2D eigenvalue weighted by atomic mass is 9.96. The van der Waals surface area contributed by atoms with Crippen LogP contribution in [0.5, 0.6) is 0 Å². The van der Waals surface area contributed by atoms with E-state index in [2.05, 4.69) is 58.3 Å². The molecule has 2 nitrogen and oxygen atoms in total. The number of likely N-dealkylation sites (tertiary alicyclic amines) is 1. The Kier molecular flexibility index (Phi) is 7.37. The van der Waals surface area contributed by atoms with Crippen molar-refractivity contribution in [1.82, 2.24) is 10.2 Å². The molecule has 19 heavy (non-hydrogen) atoms. The molecule has 1 aromatic carbocycles. The van der Waals surface area contributed by atoms with Gasteiger partial charge in [0.25, 0.3) is 0 Å². The molecule has 2 rings (SSSR count). The van der Waals surface area contributed by atoms with Crippen molar-refractivity contribution in [2.75, 3.05) is 26.7 Å². The van der Waals surface area contributed by atoms with E-state index in [0.29, 0.717) is 0 Å². The summed E-state index contributed by atoms with van der Waals surface area (Å²) < 4.78 is 1.23. The van der Waals surface area contributed by atoms with Gasteiger partial charge in [-0.2, -0.15) is 0 Å². The van der Waals surface area contributed by atoms with Gasteiger partial charge in [-0.3, -0.25) is 4.90 Å².